The van der Waals surface area contributed by atoms with E-state index < -0.39 is 11.6 Å². The van der Waals surface area contributed by atoms with Crippen molar-refractivity contribution in [3.63, 3.8) is 0 Å². The van der Waals surface area contributed by atoms with Gasteiger partial charge in [-0.3, -0.25) is 19.4 Å². The second kappa shape index (κ2) is 7.51. The van der Waals surface area contributed by atoms with Gasteiger partial charge in [0.25, 0.3) is 0 Å². The van der Waals surface area contributed by atoms with E-state index in [9.17, 15) is 13.6 Å². The van der Waals surface area contributed by atoms with Crippen LogP contribution in [0.4, 0.5) is 14.6 Å². The number of rotatable bonds is 5. The lowest BCUT2D eigenvalue weighted by atomic mass is 10.1. The Balaban J connectivity index is 1.39. The molecule has 2 aromatic heterocycles. The van der Waals surface area contributed by atoms with E-state index in [1.54, 1.807) is 24.7 Å². The van der Waals surface area contributed by atoms with E-state index in [1.807, 2.05) is 18.2 Å². The van der Waals surface area contributed by atoms with Crippen molar-refractivity contribution >= 4 is 22.8 Å². The number of halogens is 2. The molecule has 2 heterocycles. The number of carbonyl (C=O) groups is 1. The number of amides is 1. The van der Waals surface area contributed by atoms with Crippen LogP contribution in [-0.4, -0.2) is 25.7 Å². The smallest absolute Gasteiger partial charge is 0.229 e. The van der Waals surface area contributed by atoms with Crippen molar-refractivity contribution in [1.29, 1.82) is 0 Å². The molecule has 0 aliphatic rings. The molecule has 28 heavy (non-hydrogen) atoms. The highest BCUT2D eigenvalue weighted by Gasteiger charge is 2.09. The fraction of sp³-hybridized carbons (Fsp3) is 0.100. The monoisotopic (exact) mass is 379 g/mol. The minimum Gasteiger partial charge on any atom is -0.309 e. The topological polar surface area (TPSA) is 72.7 Å². The van der Waals surface area contributed by atoms with E-state index in [0.29, 0.717) is 11.4 Å². The Morgan fingerprint density at radius 3 is 2.54 bits per heavy atom. The quantitative estimate of drug-likeness (QED) is 0.577. The summed E-state index contributed by atoms with van der Waals surface area (Å²) in [7, 11) is 0. The van der Waals surface area contributed by atoms with Crippen LogP contribution in [0, 0.1) is 11.6 Å². The molecule has 4 rings (SSSR count). The molecule has 1 N–H and O–H groups in total. The van der Waals surface area contributed by atoms with Crippen molar-refractivity contribution in [3.05, 3.63) is 83.8 Å². The van der Waals surface area contributed by atoms with Crippen molar-refractivity contribution in [2.75, 3.05) is 5.32 Å². The van der Waals surface area contributed by atoms with Gasteiger partial charge in [0.2, 0.25) is 5.91 Å². The molecule has 140 valence electrons. The van der Waals surface area contributed by atoms with E-state index in [0.717, 1.165) is 28.7 Å². The molecule has 0 spiro atoms. The van der Waals surface area contributed by atoms with Gasteiger partial charge in [-0.1, -0.05) is 12.1 Å². The van der Waals surface area contributed by atoms with E-state index in [1.165, 1.54) is 10.7 Å². The predicted molar refractivity (Wildman–Crippen MR) is 99.6 cm³/mol. The van der Waals surface area contributed by atoms with E-state index >= 15 is 0 Å². The number of nitrogens with zero attached hydrogens (tertiary/aromatic N) is 4. The molecule has 0 fully saturated rings. The number of anilines is 1. The average Bonchev–Trinajstić information content (AvgIpc) is 3.11. The summed E-state index contributed by atoms with van der Waals surface area (Å²) in [4.78, 5) is 20.7. The molecule has 0 saturated heterocycles. The van der Waals surface area contributed by atoms with Gasteiger partial charge in [0, 0.05) is 24.7 Å². The second-order valence-corrected chi connectivity index (χ2v) is 6.25. The number of carbonyl (C=O) groups excluding carboxylic acids is 1. The summed E-state index contributed by atoms with van der Waals surface area (Å²) in [5.41, 5.74) is 2.87. The first kappa shape index (κ1) is 17.7. The first-order chi connectivity index (χ1) is 13.6. The first-order valence-corrected chi connectivity index (χ1v) is 8.54. The highest BCUT2D eigenvalue weighted by atomic mass is 19.2. The molecule has 0 aliphatic carbocycles. The van der Waals surface area contributed by atoms with Crippen LogP contribution in [-0.2, 0) is 17.8 Å². The van der Waals surface area contributed by atoms with Crippen molar-refractivity contribution in [3.8, 4) is 0 Å². The third-order valence-corrected chi connectivity index (χ3v) is 4.14. The zero-order valence-electron chi connectivity index (χ0n) is 14.6. The van der Waals surface area contributed by atoms with Gasteiger partial charge in [-0.15, -0.1) is 0 Å². The molecule has 0 saturated carbocycles. The van der Waals surface area contributed by atoms with Gasteiger partial charge in [-0.25, -0.2) is 8.78 Å². The number of benzene rings is 2. The number of fused-ring (bicyclic) bond motifs is 1. The summed E-state index contributed by atoms with van der Waals surface area (Å²) >= 11 is 0. The lowest BCUT2D eigenvalue weighted by Gasteiger charge is -2.05. The average molecular weight is 379 g/mol. The lowest BCUT2D eigenvalue weighted by molar-refractivity contribution is -0.115. The third-order valence-electron chi connectivity index (χ3n) is 4.14. The SMILES string of the molecule is O=C(Cc1ccc2nccnc2c1)Nc1ccn(Cc2ccc(F)c(F)c2)n1. The third kappa shape index (κ3) is 4.01. The molecule has 1 amide bonds. The Hall–Kier alpha value is -3.68. The molecular weight excluding hydrogens is 364 g/mol. The molecule has 0 bridgehead atoms. The standard InChI is InChI=1S/C20H15F2N5O/c21-15-3-1-14(9-16(15)22)12-27-8-5-19(26-27)25-20(28)11-13-2-4-17-18(10-13)24-7-6-23-17/h1-10H,11-12H2,(H,25,26,28). The van der Waals surface area contributed by atoms with Crippen LogP contribution in [0.2, 0.25) is 0 Å². The molecule has 0 aliphatic heterocycles. The Morgan fingerprint density at radius 1 is 0.929 bits per heavy atom. The Labute approximate surface area is 158 Å². The number of hydrogen-bond acceptors (Lipinski definition) is 4. The summed E-state index contributed by atoms with van der Waals surface area (Å²) < 4.78 is 27.8. The largest absolute Gasteiger partial charge is 0.309 e. The summed E-state index contributed by atoms with van der Waals surface area (Å²) in [5, 5.41) is 6.96. The second-order valence-electron chi connectivity index (χ2n) is 6.25. The van der Waals surface area contributed by atoms with Gasteiger partial charge in [-0.05, 0) is 35.4 Å². The normalized spacial score (nSPS) is 10.9. The molecule has 4 aromatic rings. The van der Waals surface area contributed by atoms with Crippen LogP contribution in [0.5, 0.6) is 0 Å². The van der Waals surface area contributed by atoms with Crippen molar-refractivity contribution < 1.29 is 13.6 Å². The maximum atomic E-state index is 13.3. The van der Waals surface area contributed by atoms with Crippen LogP contribution in [0.25, 0.3) is 11.0 Å². The van der Waals surface area contributed by atoms with Crippen LogP contribution in [0.15, 0.2) is 61.1 Å². The molecule has 0 radical (unpaired) electrons. The highest BCUT2D eigenvalue weighted by Crippen LogP contribution is 2.13. The molecule has 0 atom stereocenters. The maximum absolute atomic E-state index is 13.3. The highest BCUT2D eigenvalue weighted by molar-refractivity contribution is 5.91. The van der Waals surface area contributed by atoms with Gasteiger partial charge in [0.05, 0.1) is 24.0 Å². The predicted octanol–water partition coefficient (Wildman–Crippen LogP) is 3.33. The maximum Gasteiger partial charge on any atom is 0.229 e. The van der Waals surface area contributed by atoms with Crippen LogP contribution < -0.4 is 5.32 Å². The molecule has 6 nitrogen and oxygen atoms in total. The number of aromatic nitrogens is 4. The molecule has 8 heteroatoms. The zero-order valence-corrected chi connectivity index (χ0v) is 14.6. The molecule has 0 unspecified atom stereocenters. The molecule has 2 aromatic carbocycles. The minimum absolute atomic E-state index is 0.169. The van der Waals surface area contributed by atoms with E-state index in [2.05, 4.69) is 20.4 Å². The van der Waals surface area contributed by atoms with Crippen molar-refractivity contribution in [1.82, 2.24) is 19.7 Å². The number of nitrogens with one attached hydrogen (secondary N) is 1. The van der Waals surface area contributed by atoms with Crippen molar-refractivity contribution in [2.45, 2.75) is 13.0 Å². The minimum atomic E-state index is -0.904. The summed E-state index contributed by atoms with van der Waals surface area (Å²) in [6.45, 7) is 0.260. The Kier molecular flexibility index (Phi) is 4.76. The first-order valence-electron chi connectivity index (χ1n) is 8.54. The fourth-order valence-electron chi connectivity index (χ4n) is 2.83. The summed E-state index contributed by atoms with van der Waals surface area (Å²) in [6.07, 6.45) is 5.04. The van der Waals surface area contributed by atoms with Crippen LogP contribution >= 0.6 is 0 Å². The lowest BCUT2D eigenvalue weighted by Crippen LogP contribution is -2.15. The van der Waals surface area contributed by atoms with Gasteiger partial charge >= 0.3 is 0 Å². The van der Waals surface area contributed by atoms with Gasteiger partial charge in [-0.2, -0.15) is 5.10 Å². The van der Waals surface area contributed by atoms with E-state index in [-0.39, 0.29) is 18.9 Å². The summed E-state index contributed by atoms with van der Waals surface area (Å²) in [6, 6.07) is 10.8. The number of hydrogen-bond donors (Lipinski definition) is 1. The fourth-order valence-corrected chi connectivity index (χ4v) is 2.83. The van der Waals surface area contributed by atoms with Gasteiger partial charge in [0.15, 0.2) is 17.5 Å². The van der Waals surface area contributed by atoms with Crippen LogP contribution in [0.3, 0.4) is 0 Å². The Morgan fingerprint density at radius 2 is 1.71 bits per heavy atom. The zero-order chi connectivity index (χ0) is 19.5. The summed E-state index contributed by atoms with van der Waals surface area (Å²) in [5.74, 6) is -1.63. The molecular formula is C20H15F2N5O. The van der Waals surface area contributed by atoms with Crippen molar-refractivity contribution in [2.24, 2.45) is 0 Å². The van der Waals surface area contributed by atoms with Gasteiger partial charge in [0.1, 0.15) is 0 Å². The van der Waals surface area contributed by atoms with Crippen LogP contribution in [0.1, 0.15) is 11.1 Å². The van der Waals surface area contributed by atoms with E-state index in [4.69, 9.17) is 0 Å². The van der Waals surface area contributed by atoms with Gasteiger partial charge < -0.3 is 5.32 Å². The Bertz CT molecular complexity index is 1160.